The molecule has 1 aliphatic rings. The Kier molecular flexibility index (Phi) is 8.24. The molecule has 1 amide bonds. The lowest BCUT2D eigenvalue weighted by Gasteiger charge is -2.32. The number of carbonyl (C=O) groups is 1. The van der Waals surface area contributed by atoms with Gasteiger partial charge in [0.2, 0.25) is 5.91 Å². The van der Waals surface area contributed by atoms with Crippen LogP contribution >= 0.6 is 0 Å². The van der Waals surface area contributed by atoms with E-state index in [1.54, 1.807) is 20.3 Å². The zero-order chi connectivity index (χ0) is 27.2. The molecule has 2 N–H and O–H groups in total. The Morgan fingerprint density at radius 2 is 1.82 bits per heavy atom. The second-order valence-electron chi connectivity index (χ2n) is 9.88. The molecule has 0 saturated carbocycles. The minimum Gasteiger partial charge on any atom is -0.493 e. The zero-order valence-corrected chi connectivity index (χ0v) is 22.7. The number of methoxy groups -OCH3 is 2. The summed E-state index contributed by atoms with van der Waals surface area (Å²) in [5.41, 5.74) is 6.12. The monoisotopic (exact) mass is 525 g/mol. The molecule has 2 aromatic heterocycles. The maximum Gasteiger partial charge on any atom is 0.244 e. The van der Waals surface area contributed by atoms with E-state index in [4.69, 9.17) is 9.47 Å². The Labute approximate surface area is 229 Å². The predicted octanol–water partition coefficient (Wildman–Crippen LogP) is 4.32. The zero-order valence-electron chi connectivity index (χ0n) is 22.7. The number of fused-ring (bicyclic) bond motifs is 1. The molecule has 1 aliphatic heterocycles. The fourth-order valence-corrected chi connectivity index (χ4v) is 4.84. The van der Waals surface area contributed by atoms with Crippen molar-refractivity contribution in [3.8, 4) is 22.6 Å². The normalized spacial score (nSPS) is 14.6. The van der Waals surface area contributed by atoms with Crippen molar-refractivity contribution in [2.45, 2.75) is 13.1 Å². The van der Waals surface area contributed by atoms with Gasteiger partial charge in [0.1, 0.15) is 5.65 Å². The number of hydrogen-bond acceptors (Lipinski definition) is 6. The number of nitrogens with zero attached hydrogens (tertiary/aromatic N) is 3. The van der Waals surface area contributed by atoms with Crippen molar-refractivity contribution < 1.29 is 14.3 Å². The Morgan fingerprint density at radius 3 is 2.62 bits per heavy atom. The van der Waals surface area contributed by atoms with Crippen LogP contribution in [0.2, 0.25) is 0 Å². The molecule has 0 aliphatic carbocycles. The number of hydrogen-bond donors (Lipinski definition) is 2. The van der Waals surface area contributed by atoms with Crippen molar-refractivity contribution in [3.05, 3.63) is 83.7 Å². The van der Waals surface area contributed by atoms with Gasteiger partial charge in [-0.2, -0.15) is 0 Å². The number of ether oxygens (including phenoxy) is 2. The third kappa shape index (κ3) is 6.47. The van der Waals surface area contributed by atoms with Crippen LogP contribution in [0.3, 0.4) is 0 Å². The predicted molar refractivity (Wildman–Crippen MR) is 155 cm³/mol. The van der Waals surface area contributed by atoms with Crippen molar-refractivity contribution in [2.24, 2.45) is 0 Å². The van der Waals surface area contributed by atoms with E-state index in [0.717, 1.165) is 66.0 Å². The number of aromatic nitrogens is 2. The Bertz CT molecular complexity index is 1470. The van der Waals surface area contributed by atoms with E-state index in [-0.39, 0.29) is 5.91 Å². The second kappa shape index (κ2) is 12.1. The number of H-pyrrole nitrogens is 1. The summed E-state index contributed by atoms with van der Waals surface area (Å²) >= 11 is 0. The van der Waals surface area contributed by atoms with Gasteiger partial charge in [-0.3, -0.25) is 9.69 Å². The number of rotatable bonds is 9. The number of carbonyl (C=O) groups excluding carboxylic acids is 1. The number of aromatic amines is 1. The van der Waals surface area contributed by atoms with Gasteiger partial charge in [-0.15, -0.1) is 0 Å². The summed E-state index contributed by atoms with van der Waals surface area (Å²) in [4.78, 5) is 25.3. The van der Waals surface area contributed by atoms with Crippen LogP contribution in [0.4, 0.5) is 0 Å². The molecule has 2 aromatic carbocycles. The lowest BCUT2D eigenvalue weighted by atomic mass is 10.0. The summed E-state index contributed by atoms with van der Waals surface area (Å²) in [6, 6.07) is 16.4. The first-order valence-corrected chi connectivity index (χ1v) is 13.2. The van der Waals surface area contributed by atoms with E-state index >= 15 is 0 Å². The van der Waals surface area contributed by atoms with Gasteiger partial charge in [0.25, 0.3) is 0 Å². The molecular formula is C31H35N5O3. The molecule has 4 aromatic rings. The van der Waals surface area contributed by atoms with Gasteiger partial charge in [-0.05, 0) is 54.1 Å². The van der Waals surface area contributed by atoms with Crippen molar-refractivity contribution in [1.82, 2.24) is 25.1 Å². The maximum atomic E-state index is 12.5. The van der Waals surface area contributed by atoms with Crippen LogP contribution in [0.1, 0.15) is 16.7 Å². The quantitative estimate of drug-likeness (QED) is 0.317. The summed E-state index contributed by atoms with van der Waals surface area (Å²) in [5.74, 6) is 1.10. The molecule has 0 radical (unpaired) electrons. The van der Waals surface area contributed by atoms with Crippen LogP contribution in [-0.4, -0.2) is 73.1 Å². The van der Waals surface area contributed by atoms with Crippen LogP contribution in [0.5, 0.6) is 11.5 Å². The molecule has 39 heavy (non-hydrogen) atoms. The molecule has 0 atom stereocenters. The minimum atomic E-state index is -0.181. The number of amides is 1. The summed E-state index contributed by atoms with van der Waals surface area (Å²) in [5, 5.41) is 3.90. The average molecular weight is 526 g/mol. The Balaban J connectivity index is 1.26. The fraction of sp³-hybridized carbons (Fsp3) is 0.290. The highest BCUT2D eigenvalue weighted by Crippen LogP contribution is 2.28. The molecule has 1 saturated heterocycles. The van der Waals surface area contributed by atoms with E-state index in [1.807, 2.05) is 36.7 Å². The largest absolute Gasteiger partial charge is 0.493 e. The smallest absolute Gasteiger partial charge is 0.244 e. The SMILES string of the molecule is COc1ccc(CNC(=O)/C=C/c2c[nH]c3ncc(-c4cccc(CN5CCN(C)CC5)c4)cc23)cc1OC. The Morgan fingerprint density at radius 1 is 1.00 bits per heavy atom. The van der Waals surface area contributed by atoms with Crippen molar-refractivity contribution >= 4 is 23.0 Å². The third-order valence-corrected chi connectivity index (χ3v) is 7.15. The topological polar surface area (TPSA) is 82.7 Å². The minimum absolute atomic E-state index is 0.181. The van der Waals surface area contributed by atoms with Crippen molar-refractivity contribution in [2.75, 3.05) is 47.4 Å². The summed E-state index contributed by atoms with van der Waals surface area (Å²) in [6.07, 6.45) is 7.14. The second-order valence-corrected chi connectivity index (χ2v) is 9.88. The molecule has 8 nitrogen and oxygen atoms in total. The molecule has 8 heteroatoms. The van der Waals surface area contributed by atoms with Gasteiger partial charge in [0.15, 0.2) is 11.5 Å². The van der Waals surface area contributed by atoms with Gasteiger partial charge < -0.3 is 24.7 Å². The first kappa shape index (κ1) is 26.5. The molecular weight excluding hydrogens is 490 g/mol. The first-order chi connectivity index (χ1) is 19.0. The lowest BCUT2D eigenvalue weighted by Crippen LogP contribution is -2.43. The number of pyridine rings is 1. The molecule has 0 spiro atoms. The molecule has 202 valence electrons. The summed E-state index contributed by atoms with van der Waals surface area (Å²) in [7, 11) is 5.37. The highest BCUT2D eigenvalue weighted by Gasteiger charge is 2.14. The number of likely N-dealkylation sites (N-methyl/N-ethyl adjacent to an activating group) is 1. The molecule has 5 rings (SSSR count). The van der Waals surface area contributed by atoms with Gasteiger partial charge in [-0.25, -0.2) is 4.98 Å². The van der Waals surface area contributed by atoms with E-state index in [9.17, 15) is 4.79 Å². The Hall–Kier alpha value is -4.14. The van der Waals surface area contributed by atoms with E-state index in [1.165, 1.54) is 5.56 Å². The maximum absolute atomic E-state index is 12.5. The molecule has 3 heterocycles. The number of piperazine rings is 1. The van der Waals surface area contributed by atoms with Gasteiger partial charge in [-0.1, -0.05) is 24.3 Å². The first-order valence-electron chi connectivity index (χ1n) is 13.2. The van der Waals surface area contributed by atoms with Crippen molar-refractivity contribution in [3.63, 3.8) is 0 Å². The average Bonchev–Trinajstić information content (AvgIpc) is 3.38. The molecule has 0 unspecified atom stereocenters. The van der Waals surface area contributed by atoms with Gasteiger partial charge in [0.05, 0.1) is 14.2 Å². The highest BCUT2D eigenvalue weighted by molar-refractivity contribution is 5.96. The van der Waals surface area contributed by atoms with Gasteiger partial charge >= 0.3 is 0 Å². The number of benzene rings is 2. The summed E-state index contributed by atoms with van der Waals surface area (Å²) in [6.45, 7) is 5.74. The van der Waals surface area contributed by atoms with Gasteiger partial charge in [0, 0.05) is 74.3 Å². The van der Waals surface area contributed by atoms with Crippen LogP contribution in [0.25, 0.3) is 28.2 Å². The molecule has 1 fully saturated rings. The highest BCUT2D eigenvalue weighted by atomic mass is 16.5. The fourth-order valence-electron chi connectivity index (χ4n) is 4.84. The van der Waals surface area contributed by atoms with E-state index in [0.29, 0.717) is 18.0 Å². The van der Waals surface area contributed by atoms with Crippen LogP contribution < -0.4 is 14.8 Å². The van der Waals surface area contributed by atoms with E-state index in [2.05, 4.69) is 62.5 Å². The van der Waals surface area contributed by atoms with Crippen LogP contribution in [0.15, 0.2) is 67.0 Å². The summed E-state index contributed by atoms with van der Waals surface area (Å²) < 4.78 is 10.6. The third-order valence-electron chi connectivity index (χ3n) is 7.15. The van der Waals surface area contributed by atoms with Crippen LogP contribution in [0, 0.1) is 0 Å². The lowest BCUT2D eigenvalue weighted by molar-refractivity contribution is -0.116. The van der Waals surface area contributed by atoms with E-state index < -0.39 is 0 Å². The molecule has 0 bridgehead atoms. The van der Waals surface area contributed by atoms with Crippen LogP contribution in [-0.2, 0) is 17.9 Å². The standard InChI is InChI=1S/C31H35N5O3/c1-35-11-13-36(14-12-35)21-23-5-4-6-24(15-23)26-17-27-25(19-33-31(27)34-20-26)8-10-30(37)32-18-22-7-9-28(38-2)29(16-22)39-3/h4-10,15-17,19-20H,11-14,18,21H2,1-3H3,(H,32,37)(H,33,34)/b10-8+. The van der Waals surface area contributed by atoms with Crippen molar-refractivity contribution in [1.29, 1.82) is 0 Å². The number of nitrogens with one attached hydrogen (secondary N) is 2.